The molecule has 1 aliphatic rings. The summed E-state index contributed by atoms with van der Waals surface area (Å²) in [4.78, 5) is 10.8. The van der Waals surface area contributed by atoms with Crippen LogP contribution in [0.4, 0.5) is 4.39 Å². The van der Waals surface area contributed by atoms with Gasteiger partial charge >= 0.3 is 5.97 Å². The lowest BCUT2D eigenvalue weighted by Crippen LogP contribution is -2.39. The number of benzene rings is 2. The number of carboxylic acid groups (broad SMARTS) is 1. The van der Waals surface area contributed by atoms with Gasteiger partial charge in [0.1, 0.15) is 5.82 Å². The molecule has 0 aromatic heterocycles. The van der Waals surface area contributed by atoms with Crippen LogP contribution in [0.15, 0.2) is 67.3 Å². The van der Waals surface area contributed by atoms with Crippen molar-refractivity contribution in [3.63, 3.8) is 0 Å². The third kappa shape index (κ3) is 7.11. The van der Waals surface area contributed by atoms with Gasteiger partial charge in [0.2, 0.25) is 10.0 Å². The first-order valence-electron chi connectivity index (χ1n) is 9.45. The van der Waals surface area contributed by atoms with Crippen LogP contribution in [0.25, 0.3) is 0 Å². The second-order valence-corrected chi connectivity index (χ2v) is 8.77. The second-order valence-electron chi connectivity index (χ2n) is 6.80. The Morgan fingerprint density at radius 3 is 2.48 bits per heavy atom. The van der Waals surface area contributed by atoms with Gasteiger partial charge in [-0.2, -0.15) is 4.31 Å². The second kappa shape index (κ2) is 10.9. The van der Waals surface area contributed by atoms with Crippen LogP contribution in [0, 0.1) is 5.82 Å². The highest BCUT2D eigenvalue weighted by atomic mass is 32.2. The topological polar surface area (TPSA) is 74.7 Å². The van der Waals surface area contributed by atoms with Crippen LogP contribution < -0.4 is 0 Å². The Hall–Kier alpha value is -2.51. The number of rotatable bonds is 6. The summed E-state index contributed by atoms with van der Waals surface area (Å²) < 4.78 is 38.2. The maximum atomic E-state index is 12.4. The van der Waals surface area contributed by atoms with Crippen LogP contribution in [0.1, 0.15) is 36.4 Å². The average Bonchev–Trinajstić information content (AvgIpc) is 2.69. The highest BCUT2D eigenvalue weighted by molar-refractivity contribution is 7.89. The molecule has 0 saturated carbocycles. The van der Waals surface area contributed by atoms with Gasteiger partial charge in [0.15, 0.2) is 0 Å². The van der Waals surface area contributed by atoms with Crippen molar-refractivity contribution in [2.24, 2.45) is 0 Å². The number of hydrogen-bond acceptors (Lipinski definition) is 3. The fraction of sp³-hybridized carbons (Fsp3) is 0.318. The van der Waals surface area contributed by atoms with Gasteiger partial charge in [-0.05, 0) is 36.1 Å². The predicted octanol–water partition coefficient (Wildman–Crippen LogP) is 4.18. The molecule has 2 aromatic carbocycles. The van der Waals surface area contributed by atoms with E-state index in [-0.39, 0.29) is 24.0 Å². The standard InChI is InChI=1S/C16H21NO4S.C6H5F/c1-2-10-22(20,21)17-9-4-3-8-15(17)14-7-5-6-13(11-14)12-16(18)19;7-6-4-2-1-3-5-6/h2,5-7,11,15H,1,3-4,8-10,12H2,(H,18,19);1-5H. The SMILES string of the molecule is C=CCS(=O)(=O)N1CCCCC1c1cccc(CC(=O)O)c1.Fc1ccccc1. The Balaban J connectivity index is 0.000000360. The minimum absolute atomic E-state index is 0.0556. The van der Waals surface area contributed by atoms with Crippen LogP contribution in [-0.2, 0) is 21.2 Å². The van der Waals surface area contributed by atoms with Crippen molar-refractivity contribution in [3.8, 4) is 0 Å². The monoisotopic (exact) mass is 419 g/mol. The van der Waals surface area contributed by atoms with Crippen molar-refractivity contribution in [2.75, 3.05) is 12.3 Å². The number of carboxylic acids is 1. The van der Waals surface area contributed by atoms with Gasteiger partial charge in [0.05, 0.1) is 12.2 Å². The van der Waals surface area contributed by atoms with Crippen LogP contribution in [-0.4, -0.2) is 36.1 Å². The minimum atomic E-state index is -3.37. The Kier molecular flexibility index (Phi) is 8.54. The lowest BCUT2D eigenvalue weighted by atomic mass is 9.95. The summed E-state index contributed by atoms with van der Waals surface area (Å²) in [5.74, 6) is -1.14. The zero-order chi connectivity index (χ0) is 21.3. The number of sulfonamides is 1. The van der Waals surface area contributed by atoms with E-state index in [9.17, 15) is 17.6 Å². The predicted molar refractivity (Wildman–Crippen MR) is 111 cm³/mol. The molecule has 1 aliphatic heterocycles. The highest BCUT2D eigenvalue weighted by Gasteiger charge is 2.32. The molecule has 1 atom stereocenters. The zero-order valence-electron chi connectivity index (χ0n) is 16.2. The highest BCUT2D eigenvalue weighted by Crippen LogP contribution is 2.33. The first-order valence-corrected chi connectivity index (χ1v) is 11.1. The molecule has 1 unspecified atom stereocenters. The Morgan fingerprint density at radius 1 is 1.17 bits per heavy atom. The van der Waals surface area contributed by atoms with Gasteiger partial charge in [0, 0.05) is 12.6 Å². The third-order valence-corrected chi connectivity index (χ3v) is 6.37. The molecule has 29 heavy (non-hydrogen) atoms. The van der Waals surface area contributed by atoms with E-state index in [1.54, 1.807) is 36.4 Å². The van der Waals surface area contributed by atoms with E-state index in [0.29, 0.717) is 12.1 Å². The van der Waals surface area contributed by atoms with E-state index in [0.717, 1.165) is 24.8 Å². The Morgan fingerprint density at radius 2 is 1.90 bits per heavy atom. The maximum Gasteiger partial charge on any atom is 0.307 e. The van der Waals surface area contributed by atoms with Gasteiger partial charge in [-0.3, -0.25) is 4.79 Å². The van der Waals surface area contributed by atoms with Crippen molar-refractivity contribution in [1.29, 1.82) is 0 Å². The first-order chi connectivity index (χ1) is 13.8. The molecular formula is C22H26FNO4S. The zero-order valence-corrected chi connectivity index (χ0v) is 17.0. The molecule has 156 valence electrons. The lowest BCUT2D eigenvalue weighted by molar-refractivity contribution is -0.136. The number of piperidine rings is 1. The summed E-state index contributed by atoms with van der Waals surface area (Å²) in [7, 11) is -3.37. The van der Waals surface area contributed by atoms with E-state index in [4.69, 9.17) is 5.11 Å². The number of aliphatic carboxylic acids is 1. The molecule has 3 rings (SSSR count). The molecule has 1 N–H and O–H groups in total. The summed E-state index contributed by atoms with van der Waals surface area (Å²) in [6.45, 7) is 4.02. The van der Waals surface area contributed by atoms with Crippen molar-refractivity contribution in [2.45, 2.75) is 31.7 Å². The van der Waals surface area contributed by atoms with Crippen molar-refractivity contribution < 1.29 is 22.7 Å². The fourth-order valence-corrected chi connectivity index (χ4v) is 4.83. The van der Waals surface area contributed by atoms with Gasteiger partial charge in [-0.25, -0.2) is 12.8 Å². The molecule has 0 aliphatic carbocycles. The van der Waals surface area contributed by atoms with Crippen LogP contribution in [0.2, 0.25) is 0 Å². The number of halogens is 1. The average molecular weight is 420 g/mol. The van der Waals surface area contributed by atoms with Crippen molar-refractivity contribution in [1.82, 2.24) is 4.31 Å². The largest absolute Gasteiger partial charge is 0.481 e. The molecule has 1 heterocycles. The lowest BCUT2D eigenvalue weighted by Gasteiger charge is -2.35. The van der Waals surface area contributed by atoms with E-state index in [1.807, 2.05) is 6.07 Å². The summed E-state index contributed by atoms with van der Waals surface area (Å²) in [5.41, 5.74) is 1.56. The number of nitrogens with zero attached hydrogens (tertiary/aromatic N) is 1. The van der Waals surface area contributed by atoms with E-state index in [2.05, 4.69) is 6.58 Å². The number of hydrogen-bond donors (Lipinski definition) is 1. The smallest absolute Gasteiger partial charge is 0.307 e. The molecule has 0 amide bonds. The summed E-state index contributed by atoms with van der Waals surface area (Å²) in [6.07, 6.45) is 3.92. The van der Waals surface area contributed by atoms with E-state index < -0.39 is 16.0 Å². The van der Waals surface area contributed by atoms with Gasteiger partial charge in [0.25, 0.3) is 0 Å². The molecule has 7 heteroatoms. The van der Waals surface area contributed by atoms with Gasteiger partial charge in [-0.1, -0.05) is 55.0 Å². The summed E-state index contributed by atoms with van der Waals surface area (Å²) in [6, 6.07) is 14.9. The number of carbonyl (C=O) groups is 1. The fourth-order valence-electron chi connectivity index (χ4n) is 3.32. The molecular weight excluding hydrogens is 393 g/mol. The maximum absolute atomic E-state index is 12.4. The van der Waals surface area contributed by atoms with Crippen molar-refractivity contribution >= 4 is 16.0 Å². The molecule has 1 fully saturated rings. The Bertz CT molecular complexity index is 915. The van der Waals surface area contributed by atoms with Gasteiger partial charge in [-0.15, -0.1) is 6.58 Å². The van der Waals surface area contributed by atoms with Crippen LogP contribution in [0.3, 0.4) is 0 Å². The van der Waals surface area contributed by atoms with Crippen LogP contribution in [0.5, 0.6) is 0 Å². The molecule has 1 saturated heterocycles. The summed E-state index contributed by atoms with van der Waals surface area (Å²) in [5, 5.41) is 8.90. The molecule has 0 bridgehead atoms. The molecule has 5 nitrogen and oxygen atoms in total. The molecule has 2 aromatic rings. The van der Waals surface area contributed by atoms with Crippen molar-refractivity contribution in [3.05, 3.63) is 84.2 Å². The molecule has 0 spiro atoms. The quantitative estimate of drug-likeness (QED) is 0.713. The first kappa shape index (κ1) is 22.8. The normalized spacial score (nSPS) is 17.1. The van der Waals surface area contributed by atoms with E-state index in [1.165, 1.54) is 22.5 Å². The molecule has 0 radical (unpaired) electrons. The van der Waals surface area contributed by atoms with E-state index >= 15 is 0 Å². The minimum Gasteiger partial charge on any atom is -0.481 e. The summed E-state index contributed by atoms with van der Waals surface area (Å²) >= 11 is 0. The van der Waals surface area contributed by atoms with Gasteiger partial charge < -0.3 is 5.11 Å². The van der Waals surface area contributed by atoms with Crippen LogP contribution >= 0.6 is 0 Å². The third-order valence-electron chi connectivity index (χ3n) is 4.56. The Labute approximate surface area is 171 Å².